The second kappa shape index (κ2) is 5.30. The van der Waals surface area contributed by atoms with Crippen LogP contribution in [0, 0.1) is 11.6 Å². The lowest BCUT2D eigenvalue weighted by atomic mass is 10.3. The Labute approximate surface area is 104 Å². The molecule has 0 aliphatic carbocycles. The third kappa shape index (κ3) is 2.95. The Kier molecular flexibility index (Phi) is 3.76. The zero-order chi connectivity index (χ0) is 13.1. The lowest BCUT2D eigenvalue weighted by molar-refractivity contribution is -0.00139. The van der Waals surface area contributed by atoms with Gasteiger partial charge in [-0.15, -0.1) is 0 Å². The molecule has 0 bridgehead atoms. The van der Waals surface area contributed by atoms with Crippen LogP contribution in [0.1, 0.15) is 6.92 Å². The highest BCUT2D eigenvalue weighted by atomic mass is 19.1. The summed E-state index contributed by atoms with van der Waals surface area (Å²) in [7, 11) is 0. The van der Waals surface area contributed by atoms with Gasteiger partial charge in [0.25, 0.3) is 0 Å². The number of hydrogen-bond donors (Lipinski definition) is 1. The van der Waals surface area contributed by atoms with Crippen LogP contribution >= 0.6 is 0 Å². The van der Waals surface area contributed by atoms with Crippen LogP contribution in [0.4, 0.5) is 19.3 Å². The lowest BCUT2D eigenvalue weighted by Gasteiger charge is -2.31. The number of morpholine rings is 1. The second-order valence-corrected chi connectivity index (χ2v) is 4.18. The first kappa shape index (κ1) is 12.8. The summed E-state index contributed by atoms with van der Waals surface area (Å²) in [5.41, 5.74) is -0.0273. The average molecular weight is 256 g/mol. The number of nitrogens with zero attached hydrogens (tertiary/aromatic N) is 1. The summed E-state index contributed by atoms with van der Waals surface area (Å²) in [5, 5.41) is 2.42. The first-order chi connectivity index (χ1) is 8.56. The van der Waals surface area contributed by atoms with Crippen molar-refractivity contribution in [1.29, 1.82) is 0 Å². The molecule has 0 aromatic heterocycles. The van der Waals surface area contributed by atoms with Crippen LogP contribution < -0.4 is 5.32 Å². The van der Waals surface area contributed by atoms with Crippen LogP contribution in [-0.2, 0) is 4.74 Å². The van der Waals surface area contributed by atoms with Gasteiger partial charge in [-0.3, -0.25) is 0 Å². The number of anilines is 1. The zero-order valence-electron chi connectivity index (χ0n) is 9.95. The van der Waals surface area contributed by atoms with Gasteiger partial charge in [0.05, 0.1) is 18.4 Å². The van der Waals surface area contributed by atoms with Gasteiger partial charge < -0.3 is 15.0 Å². The van der Waals surface area contributed by atoms with E-state index in [1.807, 2.05) is 6.92 Å². The van der Waals surface area contributed by atoms with E-state index >= 15 is 0 Å². The molecule has 6 heteroatoms. The van der Waals surface area contributed by atoms with Gasteiger partial charge in [0.1, 0.15) is 11.6 Å². The van der Waals surface area contributed by atoms with E-state index in [1.54, 1.807) is 0 Å². The molecule has 0 spiro atoms. The minimum absolute atomic E-state index is 0.0273. The van der Waals surface area contributed by atoms with E-state index in [0.717, 1.165) is 12.1 Å². The fraction of sp³-hybridized carbons (Fsp3) is 0.417. The smallest absolute Gasteiger partial charge is 0.322 e. The zero-order valence-corrected chi connectivity index (χ0v) is 9.95. The van der Waals surface area contributed by atoms with Crippen molar-refractivity contribution in [2.75, 3.05) is 25.0 Å². The average Bonchev–Trinajstić information content (AvgIpc) is 2.32. The Hall–Kier alpha value is -1.69. The van der Waals surface area contributed by atoms with Crippen LogP contribution in [0.5, 0.6) is 0 Å². The second-order valence-electron chi connectivity index (χ2n) is 4.18. The number of nitrogens with one attached hydrogen (secondary N) is 1. The maximum absolute atomic E-state index is 13.4. The molecule has 1 aromatic carbocycles. The normalized spacial score (nSPS) is 19.7. The molecule has 1 saturated heterocycles. The van der Waals surface area contributed by atoms with Gasteiger partial charge in [-0.2, -0.15) is 0 Å². The van der Waals surface area contributed by atoms with Gasteiger partial charge in [0.15, 0.2) is 0 Å². The molecule has 1 heterocycles. The highest BCUT2D eigenvalue weighted by Gasteiger charge is 2.22. The molecule has 0 saturated carbocycles. The van der Waals surface area contributed by atoms with Crippen LogP contribution in [0.3, 0.4) is 0 Å². The van der Waals surface area contributed by atoms with Crippen molar-refractivity contribution in [1.82, 2.24) is 4.90 Å². The monoisotopic (exact) mass is 256 g/mol. The molecular formula is C12H14F2N2O2. The number of benzene rings is 1. The van der Waals surface area contributed by atoms with Gasteiger partial charge in [0.2, 0.25) is 0 Å². The molecule has 1 fully saturated rings. The Morgan fingerprint density at radius 1 is 1.50 bits per heavy atom. The Morgan fingerprint density at radius 3 is 2.94 bits per heavy atom. The van der Waals surface area contributed by atoms with E-state index in [0.29, 0.717) is 19.7 Å². The minimum atomic E-state index is -0.787. The Morgan fingerprint density at radius 2 is 2.28 bits per heavy atom. The first-order valence-electron chi connectivity index (χ1n) is 5.69. The quantitative estimate of drug-likeness (QED) is 0.837. The van der Waals surface area contributed by atoms with Gasteiger partial charge in [-0.1, -0.05) is 0 Å². The summed E-state index contributed by atoms with van der Waals surface area (Å²) in [5.74, 6) is -1.46. The summed E-state index contributed by atoms with van der Waals surface area (Å²) in [4.78, 5) is 13.4. The summed E-state index contributed by atoms with van der Waals surface area (Å²) in [6.45, 7) is 3.23. The number of amides is 2. The Balaban J connectivity index is 2.02. The van der Waals surface area contributed by atoms with Gasteiger partial charge in [0, 0.05) is 19.2 Å². The molecule has 1 unspecified atom stereocenters. The topological polar surface area (TPSA) is 41.6 Å². The largest absolute Gasteiger partial charge is 0.375 e. The third-order valence-corrected chi connectivity index (χ3v) is 2.70. The maximum atomic E-state index is 13.4. The summed E-state index contributed by atoms with van der Waals surface area (Å²) < 4.78 is 31.4. The standard InChI is InChI=1S/C12H14F2N2O2/c1-8-7-16(4-5-18-8)12(17)15-11-3-2-9(13)6-10(11)14/h2-3,6,8H,4-5,7H2,1H3,(H,15,17). The van der Waals surface area contributed by atoms with Crippen LogP contribution in [0.25, 0.3) is 0 Å². The molecular weight excluding hydrogens is 242 g/mol. The van der Waals surface area contributed by atoms with E-state index in [2.05, 4.69) is 5.32 Å². The van der Waals surface area contributed by atoms with Crippen LogP contribution in [0.15, 0.2) is 18.2 Å². The highest BCUT2D eigenvalue weighted by Crippen LogP contribution is 2.16. The SMILES string of the molecule is CC1CN(C(=O)Nc2ccc(F)cc2F)CCO1. The number of carbonyl (C=O) groups excluding carboxylic acids is 1. The molecule has 1 aliphatic rings. The van der Waals surface area contributed by atoms with Crippen molar-refractivity contribution in [3.8, 4) is 0 Å². The lowest BCUT2D eigenvalue weighted by Crippen LogP contribution is -2.46. The Bertz CT molecular complexity index is 454. The molecule has 1 N–H and O–H groups in total. The van der Waals surface area contributed by atoms with E-state index in [-0.39, 0.29) is 11.8 Å². The third-order valence-electron chi connectivity index (χ3n) is 2.70. The molecule has 4 nitrogen and oxygen atoms in total. The number of hydrogen-bond acceptors (Lipinski definition) is 2. The number of halogens is 2. The van der Waals surface area contributed by atoms with Crippen molar-refractivity contribution in [3.05, 3.63) is 29.8 Å². The van der Waals surface area contributed by atoms with Crippen molar-refractivity contribution >= 4 is 11.7 Å². The van der Waals surface area contributed by atoms with Gasteiger partial charge >= 0.3 is 6.03 Å². The van der Waals surface area contributed by atoms with Gasteiger partial charge in [-0.05, 0) is 19.1 Å². The molecule has 0 radical (unpaired) electrons. The summed E-state index contributed by atoms with van der Waals surface area (Å²) >= 11 is 0. The number of carbonyl (C=O) groups is 1. The molecule has 98 valence electrons. The van der Waals surface area contributed by atoms with Crippen molar-refractivity contribution in [2.45, 2.75) is 13.0 Å². The maximum Gasteiger partial charge on any atom is 0.322 e. The number of rotatable bonds is 1. The highest BCUT2D eigenvalue weighted by molar-refractivity contribution is 5.89. The molecule has 18 heavy (non-hydrogen) atoms. The summed E-state index contributed by atoms with van der Waals surface area (Å²) in [6.07, 6.45) is -0.0393. The van der Waals surface area contributed by atoms with E-state index < -0.39 is 17.7 Å². The fourth-order valence-corrected chi connectivity index (χ4v) is 1.79. The minimum Gasteiger partial charge on any atom is -0.375 e. The molecule has 1 aliphatic heterocycles. The van der Waals surface area contributed by atoms with Crippen molar-refractivity contribution in [2.24, 2.45) is 0 Å². The van der Waals surface area contributed by atoms with Crippen molar-refractivity contribution in [3.63, 3.8) is 0 Å². The fourth-order valence-electron chi connectivity index (χ4n) is 1.79. The molecule has 2 rings (SSSR count). The van der Waals surface area contributed by atoms with E-state index in [9.17, 15) is 13.6 Å². The van der Waals surface area contributed by atoms with Crippen LogP contribution in [0.2, 0.25) is 0 Å². The predicted molar refractivity (Wildman–Crippen MR) is 62.4 cm³/mol. The van der Waals surface area contributed by atoms with E-state index in [4.69, 9.17) is 4.74 Å². The first-order valence-corrected chi connectivity index (χ1v) is 5.69. The van der Waals surface area contributed by atoms with E-state index in [1.165, 1.54) is 11.0 Å². The molecule has 2 amide bonds. The number of ether oxygens (including phenoxy) is 1. The van der Waals surface area contributed by atoms with Crippen molar-refractivity contribution < 1.29 is 18.3 Å². The van der Waals surface area contributed by atoms with Gasteiger partial charge in [-0.25, -0.2) is 13.6 Å². The number of urea groups is 1. The predicted octanol–water partition coefficient (Wildman–Crippen LogP) is 2.22. The van der Waals surface area contributed by atoms with Crippen LogP contribution in [-0.4, -0.2) is 36.7 Å². The summed E-state index contributed by atoms with van der Waals surface area (Å²) in [6, 6.07) is 2.63. The molecule has 1 atom stereocenters. The molecule has 1 aromatic rings.